The summed E-state index contributed by atoms with van der Waals surface area (Å²) >= 11 is 0. The number of carbonyl (C=O) groups is 1. The molecule has 3 aliphatic rings. The lowest BCUT2D eigenvalue weighted by molar-refractivity contribution is -0.136. The van der Waals surface area contributed by atoms with E-state index >= 15 is 0 Å². The molecule has 2 amide bonds. The maximum Gasteiger partial charge on any atom is 0.315 e. The summed E-state index contributed by atoms with van der Waals surface area (Å²) in [6.45, 7) is 0.847. The molecule has 0 aromatic heterocycles. The van der Waals surface area contributed by atoms with Crippen LogP contribution in [0.3, 0.4) is 0 Å². The molecule has 2 aliphatic heterocycles. The second-order valence-electron chi connectivity index (χ2n) is 8.02. The van der Waals surface area contributed by atoms with Crippen molar-refractivity contribution < 1.29 is 17.9 Å². The van der Waals surface area contributed by atoms with Crippen molar-refractivity contribution in [1.82, 2.24) is 14.9 Å². The molecule has 0 unspecified atom stereocenters. The molecule has 2 saturated heterocycles. The van der Waals surface area contributed by atoms with Gasteiger partial charge in [0.15, 0.2) is 0 Å². The van der Waals surface area contributed by atoms with Gasteiger partial charge < -0.3 is 15.4 Å². The molecule has 2 N–H and O–H groups in total. The lowest BCUT2D eigenvalue weighted by Gasteiger charge is -2.50. The molecule has 1 aromatic rings. The van der Waals surface area contributed by atoms with Crippen LogP contribution in [0.4, 0.5) is 4.79 Å². The van der Waals surface area contributed by atoms with Crippen LogP contribution in [0.2, 0.25) is 0 Å². The number of amides is 2. The van der Waals surface area contributed by atoms with Gasteiger partial charge in [0, 0.05) is 19.1 Å². The lowest BCUT2D eigenvalue weighted by atomic mass is 9.92. The van der Waals surface area contributed by atoms with Gasteiger partial charge in [-0.25, -0.2) is 13.2 Å². The molecular weight excluding hydrogens is 378 g/mol. The third-order valence-electron chi connectivity index (χ3n) is 6.09. The molecule has 0 bridgehead atoms. The largest absolute Gasteiger partial charge is 0.370 e. The fourth-order valence-corrected chi connectivity index (χ4v) is 6.17. The number of carbonyl (C=O) groups excluding carboxylic acids is 1. The summed E-state index contributed by atoms with van der Waals surface area (Å²) in [6, 6.07) is 8.60. The van der Waals surface area contributed by atoms with Gasteiger partial charge in [0.1, 0.15) is 0 Å². The quantitative estimate of drug-likeness (QED) is 0.784. The summed E-state index contributed by atoms with van der Waals surface area (Å²) in [5.41, 5.74) is 0. The first-order chi connectivity index (χ1) is 13.5. The molecular formula is C20H29N3O4S. The first kappa shape index (κ1) is 19.7. The monoisotopic (exact) mass is 407 g/mol. The Kier molecular flexibility index (Phi) is 5.89. The summed E-state index contributed by atoms with van der Waals surface area (Å²) in [7, 11) is -3.46. The molecule has 1 aromatic carbocycles. The van der Waals surface area contributed by atoms with Gasteiger partial charge in [-0.3, -0.25) is 0 Å². The zero-order valence-corrected chi connectivity index (χ0v) is 16.9. The number of benzene rings is 1. The summed E-state index contributed by atoms with van der Waals surface area (Å²) in [6.07, 6.45) is 7.10. The number of rotatable bonds is 5. The smallest absolute Gasteiger partial charge is 0.315 e. The topological polar surface area (TPSA) is 87.7 Å². The predicted molar refractivity (Wildman–Crippen MR) is 105 cm³/mol. The molecule has 0 radical (unpaired) electrons. The molecule has 28 heavy (non-hydrogen) atoms. The van der Waals surface area contributed by atoms with Gasteiger partial charge in [-0.15, -0.1) is 0 Å². The lowest BCUT2D eigenvalue weighted by Crippen LogP contribution is -2.66. The van der Waals surface area contributed by atoms with E-state index in [1.807, 2.05) is 6.07 Å². The fourth-order valence-electron chi connectivity index (χ4n) is 4.46. The highest BCUT2D eigenvalue weighted by Gasteiger charge is 2.49. The Balaban J connectivity index is 1.23. The molecule has 4 rings (SSSR count). The molecule has 1 aliphatic carbocycles. The van der Waals surface area contributed by atoms with Crippen molar-refractivity contribution in [1.29, 1.82) is 0 Å². The number of urea groups is 1. The Morgan fingerprint density at radius 2 is 1.82 bits per heavy atom. The van der Waals surface area contributed by atoms with Gasteiger partial charge in [-0.05, 0) is 37.8 Å². The van der Waals surface area contributed by atoms with Gasteiger partial charge in [0.2, 0.25) is 10.0 Å². The number of ether oxygens (including phenoxy) is 1. The SMILES string of the molecule is O=C(NC[C@@H]1CC[C@H]2[C@H](CN2S(=O)(=O)c2ccccc2)O1)NC1CCCCC1. The van der Waals surface area contributed by atoms with Crippen molar-refractivity contribution in [2.24, 2.45) is 0 Å². The van der Waals surface area contributed by atoms with E-state index in [4.69, 9.17) is 4.74 Å². The summed E-state index contributed by atoms with van der Waals surface area (Å²) < 4.78 is 33.1. The normalized spacial score (nSPS) is 28.8. The third kappa shape index (κ3) is 4.18. The van der Waals surface area contributed by atoms with E-state index in [-0.39, 0.29) is 30.3 Å². The van der Waals surface area contributed by atoms with Gasteiger partial charge in [0.25, 0.3) is 0 Å². The van der Waals surface area contributed by atoms with Crippen LogP contribution in [-0.4, -0.2) is 56.1 Å². The third-order valence-corrected chi connectivity index (χ3v) is 8.00. The van der Waals surface area contributed by atoms with Gasteiger partial charge in [-0.2, -0.15) is 4.31 Å². The van der Waals surface area contributed by atoms with Crippen LogP contribution in [0, 0.1) is 0 Å². The summed E-state index contributed by atoms with van der Waals surface area (Å²) in [5, 5.41) is 5.96. The number of hydrogen-bond acceptors (Lipinski definition) is 4. The fraction of sp³-hybridized carbons (Fsp3) is 0.650. The highest BCUT2D eigenvalue weighted by Crippen LogP contribution is 2.36. The van der Waals surface area contributed by atoms with Gasteiger partial charge in [-0.1, -0.05) is 37.5 Å². The number of fused-ring (bicyclic) bond motifs is 1. The molecule has 3 atom stereocenters. The second-order valence-corrected chi connectivity index (χ2v) is 9.91. The van der Waals surface area contributed by atoms with E-state index in [1.165, 1.54) is 19.3 Å². The van der Waals surface area contributed by atoms with Crippen molar-refractivity contribution in [2.45, 2.75) is 74.1 Å². The summed E-state index contributed by atoms with van der Waals surface area (Å²) in [4.78, 5) is 12.4. The molecule has 8 heteroatoms. The average Bonchev–Trinajstić information content (AvgIpc) is 2.69. The maximum atomic E-state index is 12.8. The minimum Gasteiger partial charge on any atom is -0.370 e. The van der Waals surface area contributed by atoms with Crippen molar-refractivity contribution in [2.75, 3.05) is 13.1 Å². The van der Waals surface area contributed by atoms with Crippen LogP contribution in [0.25, 0.3) is 0 Å². The minimum atomic E-state index is -3.46. The zero-order chi connectivity index (χ0) is 19.6. The molecule has 154 valence electrons. The Morgan fingerprint density at radius 1 is 1.07 bits per heavy atom. The molecule has 0 spiro atoms. The number of sulfonamides is 1. The van der Waals surface area contributed by atoms with Crippen molar-refractivity contribution >= 4 is 16.1 Å². The molecule has 1 saturated carbocycles. The average molecular weight is 408 g/mol. The standard InChI is InChI=1S/C20H29N3O4S/c24-20(22-15-7-3-1-4-8-15)21-13-16-11-12-18-19(27-16)14-23(18)28(25,26)17-9-5-2-6-10-17/h2,5-6,9-10,15-16,18-19H,1,3-4,7-8,11-14H2,(H2,21,22,24)/t16-,18-,19-/m0/s1. The highest BCUT2D eigenvalue weighted by atomic mass is 32.2. The molecule has 7 nitrogen and oxygen atoms in total. The van der Waals surface area contributed by atoms with E-state index in [0.29, 0.717) is 18.0 Å². The highest BCUT2D eigenvalue weighted by molar-refractivity contribution is 7.89. The van der Waals surface area contributed by atoms with Crippen LogP contribution < -0.4 is 10.6 Å². The second kappa shape index (κ2) is 8.39. The van der Waals surface area contributed by atoms with E-state index < -0.39 is 10.0 Å². The van der Waals surface area contributed by atoms with Crippen LogP contribution in [0.5, 0.6) is 0 Å². The van der Waals surface area contributed by atoms with E-state index in [2.05, 4.69) is 10.6 Å². The van der Waals surface area contributed by atoms with Gasteiger partial charge >= 0.3 is 6.03 Å². The van der Waals surface area contributed by atoms with E-state index in [1.54, 1.807) is 28.6 Å². The Bertz CT molecular complexity index is 780. The van der Waals surface area contributed by atoms with Gasteiger partial charge in [0.05, 0.1) is 23.1 Å². The van der Waals surface area contributed by atoms with Crippen molar-refractivity contribution in [3.05, 3.63) is 30.3 Å². The number of nitrogens with zero attached hydrogens (tertiary/aromatic N) is 1. The number of hydrogen-bond donors (Lipinski definition) is 2. The van der Waals surface area contributed by atoms with Crippen LogP contribution >= 0.6 is 0 Å². The first-order valence-corrected chi connectivity index (χ1v) is 11.7. The first-order valence-electron chi connectivity index (χ1n) is 10.3. The van der Waals surface area contributed by atoms with Crippen molar-refractivity contribution in [3.8, 4) is 0 Å². The minimum absolute atomic E-state index is 0.0556. The van der Waals surface area contributed by atoms with Crippen LogP contribution in [0.15, 0.2) is 35.2 Å². The van der Waals surface area contributed by atoms with E-state index in [0.717, 1.165) is 25.7 Å². The number of nitrogens with one attached hydrogen (secondary N) is 2. The molecule has 3 fully saturated rings. The Hall–Kier alpha value is -1.64. The van der Waals surface area contributed by atoms with E-state index in [9.17, 15) is 13.2 Å². The van der Waals surface area contributed by atoms with Crippen LogP contribution in [0.1, 0.15) is 44.9 Å². The van der Waals surface area contributed by atoms with Crippen molar-refractivity contribution in [3.63, 3.8) is 0 Å². The Morgan fingerprint density at radius 3 is 2.54 bits per heavy atom. The predicted octanol–water partition coefficient (Wildman–Crippen LogP) is 2.24. The van der Waals surface area contributed by atoms with Crippen LogP contribution in [-0.2, 0) is 14.8 Å². The molecule has 2 heterocycles. The Labute approximate surface area is 166 Å². The summed E-state index contributed by atoms with van der Waals surface area (Å²) in [5.74, 6) is 0. The maximum absolute atomic E-state index is 12.8. The zero-order valence-electron chi connectivity index (χ0n) is 16.0.